The Hall–Kier alpha value is -3.15. The summed E-state index contributed by atoms with van der Waals surface area (Å²) in [5.41, 5.74) is 1.53. The summed E-state index contributed by atoms with van der Waals surface area (Å²) in [6.45, 7) is 3.66. The van der Waals surface area contributed by atoms with Gasteiger partial charge in [-0.15, -0.1) is 0 Å². The third kappa shape index (κ3) is 4.53. The Morgan fingerprint density at radius 3 is 2.78 bits per heavy atom. The van der Waals surface area contributed by atoms with E-state index in [1.54, 1.807) is 30.5 Å². The normalized spacial score (nSPS) is 11.9. The summed E-state index contributed by atoms with van der Waals surface area (Å²) < 4.78 is 10.6. The predicted octanol–water partition coefficient (Wildman–Crippen LogP) is 3.96. The van der Waals surface area contributed by atoms with E-state index in [-0.39, 0.29) is 18.6 Å². The van der Waals surface area contributed by atoms with Gasteiger partial charge in [0.1, 0.15) is 5.69 Å². The number of fused-ring (bicyclic) bond motifs is 1. The van der Waals surface area contributed by atoms with Crippen molar-refractivity contribution < 1.29 is 18.7 Å². The van der Waals surface area contributed by atoms with Crippen LogP contribution in [0.15, 0.2) is 53.1 Å². The summed E-state index contributed by atoms with van der Waals surface area (Å²) in [6, 6.07) is 12.5. The molecule has 0 aliphatic rings. The van der Waals surface area contributed by atoms with Gasteiger partial charge in [-0.05, 0) is 37.6 Å². The summed E-state index contributed by atoms with van der Waals surface area (Å²) >= 11 is 0. The molecular formula is C21H22N2O4. The van der Waals surface area contributed by atoms with E-state index in [1.807, 2.05) is 32.0 Å². The van der Waals surface area contributed by atoms with Gasteiger partial charge in [0.2, 0.25) is 0 Å². The molecule has 0 saturated carbocycles. The molecule has 1 N–H and O–H groups in total. The fourth-order valence-electron chi connectivity index (χ4n) is 2.93. The lowest BCUT2D eigenvalue weighted by Crippen LogP contribution is -2.35. The van der Waals surface area contributed by atoms with Crippen LogP contribution in [0, 0.1) is 0 Å². The fraction of sp³-hybridized carbons (Fsp3) is 0.286. The molecule has 1 aromatic carbocycles. The number of ether oxygens (including phenoxy) is 1. The number of nitrogens with zero attached hydrogens (tertiary/aromatic N) is 1. The van der Waals surface area contributed by atoms with Crippen molar-refractivity contribution in [2.45, 2.75) is 32.7 Å². The Bertz CT molecular complexity index is 935. The number of furan rings is 1. The minimum absolute atomic E-state index is 0.0495. The number of hydrogen-bond acceptors (Lipinski definition) is 5. The van der Waals surface area contributed by atoms with Crippen LogP contribution in [0.2, 0.25) is 0 Å². The number of para-hydroxylation sites is 1. The number of pyridine rings is 1. The molecule has 6 nitrogen and oxygen atoms in total. The molecule has 1 unspecified atom stereocenters. The quantitative estimate of drug-likeness (QED) is 0.640. The molecule has 1 amide bonds. The van der Waals surface area contributed by atoms with Gasteiger partial charge in [0.15, 0.2) is 12.4 Å². The Morgan fingerprint density at radius 2 is 2.04 bits per heavy atom. The van der Waals surface area contributed by atoms with Crippen LogP contribution in [-0.4, -0.2) is 29.5 Å². The molecule has 0 fully saturated rings. The van der Waals surface area contributed by atoms with Crippen LogP contribution in [-0.2, 0) is 9.53 Å². The van der Waals surface area contributed by atoms with Gasteiger partial charge in [0.25, 0.3) is 5.91 Å². The maximum Gasteiger partial charge on any atom is 0.339 e. The van der Waals surface area contributed by atoms with Crippen LogP contribution >= 0.6 is 0 Å². The highest BCUT2D eigenvalue weighted by molar-refractivity contribution is 6.05. The van der Waals surface area contributed by atoms with Gasteiger partial charge >= 0.3 is 5.97 Å². The zero-order valence-corrected chi connectivity index (χ0v) is 15.4. The van der Waals surface area contributed by atoms with Gasteiger partial charge in [-0.25, -0.2) is 9.78 Å². The van der Waals surface area contributed by atoms with E-state index in [0.717, 1.165) is 12.8 Å². The van der Waals surface area contributed by atoms with Crippen LogP contribution in [0.25, 0.3) is 22.4 Å². The third-order valence-corrected chi connectivity index (χ3v) is 4.17. The Labute approximate surface area is 157 Å². The molecule has 0 radical (unpaired) electrons. The highest BCUT2D eigenvalue weighted by atomic mass is 16.5. The molecule has 0 aliphatic heterocycles. The lowest BCUT2D eigenvalue weighted by Gasteiger charge is -2.13. The van der Waals surface area contributed by atoms with Crippen molar-refractivity contribution >= 4 is 22.8 Å². The predicted molar refractivity (Wildman–Crippen MR) is 102 cm³/mol. The van der Waals surface area contributed by atoms with Gasteiger partial charge in [-0.1, -0.05) is 31.5 Å². The molecule has 27 heavy (non-hydrogen) atoms. The van der Waals surface area contributed by atoms with Crippen molar-refractivity contribution in [2.24, 2.45) is 0 Å². The van der Waals surface area contributed by atoms with Crippen LogP contribution in [0.4, 0.5) is 0 Å². The van der Waals surface area contributed by atoms with Crippen LogP contribution in [0.5, 0.6) is 0 Å². The van der Waals surface area contributed by atoms with E-state index in [1.165, 1.54) is 0 Å². The molecule has 140 valence electrons. The number of rotatable bonds is 7. The van der Waals surface area contributed by atoms with Gasteiger partial charge < -0.3 is 14.5 Å². The zero-order valence-electron chi connectivity index (χ0n) is 15.4. The van der Waals surface area contributed by atoms with Gasteiger partial charge in [0, 0.05) is 11.4 Å². The van der Waals surface area contributed by atoms with Crippen molar-refractivity contribution in [1.29, 1.82) is 0 Å². The van der Waals surface area contributed by atoms with E-state index in [9.17, 15) is 9.59 Å². The topological polar surface area (TPSA) is 81.4 Å². The van der Waals surface area contributed by atoms with Gasteiger partial charge in [-0.3, -0.25) is 4.79 Å². The molecular weight excluding hydrogens is 344 g/mol. The van der Waals surface area contributed by atoms with Crippen molar-refractivity contribution in [3.63, 3.8) is 0 Å². The molecule has 3 rings (SSSR count). The molecule has 6 heteroatoms. The first kappa shape index (κ1) is 18.6. The average Bonchev–Trinajstić information content (AvgIpc) is 3.20. The lowest BCUT2D eigenvalue weighted by atomic mass is 10.1. The Balaban J connectivity index is 1.80. The molecule has 2 aromatic heterocycles. The van der Waals surface area contributed by atoms with E-state index < -0.39 is 5.97 Å². The first-order valence-corrected chi connectivity index (χ1v) is 8.98. The summed E-state index contributed by atoms with van der Waals surface area (Å²) in [4.78, 5) is 29.1. The second-order valence-electron chi connectivity index (χ2n) is 6.38. The second-order valence-corrected chi connectivity index (χ2v) is 6.38. The summed E-state index contributed by atoms with van der Waals surface area (Å²) in [6.07, 6.45) is 3.40. The molecule has 1 atom stereocenters. The zero-order chi connectivity index (χ0) is 19.2. The SMILES string of the molecule is CCCC(C)NC(=O)COC(=O)c1cc(-c2ccco2)nc2ccccc12. The lowest BCUT2D eigenvalue weighted by molar-refractivity contribution is -0.124. The van der Waals surface area contributed by atoms with Gasteiger partial charge in [0.05, 0.1) is 17.3 Å². The van der Waals surface area contributed by atoms with E-state index in [2.05, 4.69) is 10.3 Å². The second kappa shape index (κ2) is 8.49. The average molecular weight is 366 g/mol. The number of hydrogen-bond donors (Lipinski definition) is 1. The van der Waals surface area contributed by atoms with Crippen LogP contribution in [0.3, 0.4) is 0 Å². The molecule has 0 bridgehead atoms. The van der Waals surface area contributed by atoms with Crippen molar-refractivity contribution in [1.82, 2.24) is 10.3 Å². The van der Waals surface area contributed by atoms with E-state index in [4.69, 9.17) is 9.15 Å². The number of carbonyl (C=O) groups is 2. The Kier molecular flexibility index (Phi) is 5.86. The minimum atomic E-state index is -0.570. The van der Waals surface area contributed by atoms with Crippen molar-refractivity contribution in [3.05, 3.63) is 54.3 Å². The standard InChI is InChI=1S/C21H22N2O4/c1-3-7-14(2)22-20(24)13-27-21(25)16-12-18(19-10-6-11-26-19)23-17-9-5-4-8-15(16)17/h4-6,8-12,14H,3,7,13H2,1-2H3,(H,22,24). The summed E-state index contributed by atoms with van der Waals surface area (Å²) in [7, 11) is 0. The number of nitrogens with one attached hydrogen (secondary N) is 1. The number of aromatic nitrogens is 1. The first-order valence-electron chi connectivity index (χ1n) is 8.98. The van der Waals surface area contributed by atoms with E-state index >= 15 is 0 Å². The molecule has 3 aromatic rings. The number of esters is 1. The summed E-state index contributed by atoms with van der Waals surface area (Å²) in [5, 5.41) is 3.48. The highest BCUT2D eigenvalue weighted by Gasteiger charge is 2.17. The number of benzene rings is 1. The van der Waals surface area contributed by atoms with Gasteiger partial charge in [-0.2, -0.15) is 0 Å². The smallest absolute Gasteiger partial charge is 0.339 e. The minimum Gasteiger partial charge on any atom is -0.463 e. The largest absolute Gasteiger partial charge is 0.463 e. The maximum atomic E-state index is 12.6. The van der Waals surface area contributed by atoms with Crippen LogP contribution < -0.4 is 5.32 Å². The summed E-state index contributed by atoms with van der Waals surface area (Å²) in [5.74, 6) is -0.324. The molecule has 0 spiro atoms. The molecule has 0 saturated heterocycles. The highest BCUT2D eigenvalue weighted by Crippen LogP contribution is 2.25. The number of carbonyl (C=O) groups excluding carboxylic acids is 2. The van der Waals surface area contributed by atoms with Crippen molar-refractivity contribution in [3.8, 4) is 11.5 Å². The fourth-order valence-corrected chi connectivity index (χ4v) is 2.93. The molecule has 2 heterocycles. The first-order chi connectivity index (χ1) is 13.1. The third-order valence-electron chi connectivity index (χ3n) is 4.17. The Morgan fingerprint density at radius 1 is 1.22 bits per heavy atom. The maximum absolute atomic E-state index is 12.6. The number of amides is 1. The van der Waals surface area contributed by atoms with E-state index in [0.29, 0.717) is 27.9 Å². The molecule has 0 aliphatic carbocycles. The van der Waals surface area contributed by atoms with Crippen molar-refractivity contribution in [2.75, 3.05) is 6.61 Å². The monoisotopic (exact) mass is 366 g/mol. The van der Waals surface area contributed by atoms with Crippen LogP contribution in [0.1, 0.15) is 37.0 Å².